The zero-order valence-corrected chi connectivity index (χ0v) is 12.3. The quantitative estimate of drug-likeness (QED) is 0.811. The number of carbonyl (C=O) groups is 1. The Balaban J connectivity index is 2.39. The summed E-state index contributed by atoms with van der Waals surface area (Å²) in [5.41, 5.74) is 0.797. The molecule has 1 amide bonds. The first-order chi connectivity index (χ1) is 9.54. The number of benzene rings is 2. The number of halogens is 3. The molecule has 0 atom stereocenters. The highest BCUT2D eigenvalue weighted by molar-refractivity contribution is 9.10. The van der Waals surface area contributed by atoms with Crippen LogP contribution in [0.1, 0.15) is 17.3 Å². The minimum absolute atomic E-state index is 0.272. The van der Waals surface area contributed by atoms with Crippen LogP contribution in [0, 0.1) is 11.6 Å². The van der Waals surface area contributed by atoms with Crippen molar-refractivity contribution in [3.63, 3.8) is 0 Å². The van der Waals surface area contributed by atoms with Gasteiger partial charge in [0.15, 0.2) is 11.6 Å². The van der Waals surface area contributed by atoms with E-state index in [2.05, 4.69) is 15.9 Å². The molecule has 0 N–H and O–H groups in total. The van der Waals surface area contributed by atoms with E-state index in [0.29, 0.717) is 22.3 Å². The number of carbonyl (C=O) groups excluding carboxylic acids is 1. The lowest BCUT2D eigenvalue weighted by molar-refractivity contribution is 0.0987. The zero-order chi connectivity index (χ0) is 14.7. The number of amides is 1. The predicted molar refractivity (Wildman–Crippen MR) is 77.9 cm³/mol. The van der Waals surface area contributed by atoms with E-state index in [1.165, 1.54) is 11.0 Å². The summed E-state index contributed by atoms with van der Waals surface area (Å²) in [4.78, 5) is 13.9. The number of anilines is 1. The molecule has 0 unspecified atom stereocenters. The first kappa shape index (κ1) is 14.7. The van der Waals surface area contributed by atoms with Gasteiger partial charge in [0.2, 0.25) is 0 Å². The Kier molecular flexibility index (Phi) is 4.49. The largest absolute Gasteiger partial charge is 0.309 e. The highest BCUT2D eigenvalue weighted by Gasteiger charge is 2.19. The molecule has 104 valence electrons. The predicted octanol–water partition coefficient (Wildman–Crippen LogP) is 4.39. The summed E-state index contributed by atoms with van der Waals surface area (Å²) >= 11 is 3.31. The third-order valence-electron chi connectivity index (χ3n) is 2.88. The Bertz CT molecular complexity index is 646. The molecule has 0 saturated carbocycles. The Labute approximate surface area is 124 Å². The zero-order valence-electron chi connectivity index (χ0n) is 10.7. The van der Waals surface area contributed by atoms with E-state index in [0.717, 1.165) is 12.1 Å². The standard InChI is InChI=1S/C15H12BrF2NO/c1-2-19(10-7-8-13(17)14(18)9-10)15(20)11-5-3-4-6-12(11)16/h3-9H,2H2,1H3. The fraction of sp³-hybridized carbons (Fsp3) is 0.133. The molecule has 2 rings (SSSR count). The molecule has 0 aliphatic heterocycles. The van der Waals surface area contributed by atoms with Crippen LogP contribution in [0.2, 0.25) is 0 Å². The molecule has 0 fully saturated rings. The number of rotatable bonds is 3. The number of hydrogen-bond acceptors (Lipinski definition) is 1. The average Bonchev–Trinajstić information content (AvgIpc) is 2.44. The maximum atomic E-state index is 13.3. The van der Waals surface area contributed by atoms with Gasteiger partial charge < -0.3 is 4.90 Å². The molecule has 0 saturated heterocycles. The topological polar surface area (TPSA) is 20.3 Å². The molecule has 2 aromatic carbocycles. The van der Waals surface area contributed by atoms with Crippen molar-refractivity contribution in [1.29, 1.82) is 0 Å². The fourth-order valence-corrected chi connectivity index (χ4v) is 2.33. The molecule has 0 aromatic heterocycles. The normalized spacial score (nSPS) is 10.4. The summed E-state index contributed by atoms with van der Waals surface area (Å²) < 4.78 is 26.9. The first-order valence-electron chi connectivity index (χ1n) is 6.06. The summed E-state index contributed by atoms with van der Waals surface area (Å²) in [6.45, 7) is 2.13. The second-order valence-electron chi connectivity index (χ2n) is 4.13. The molecule has 20 heavy (non-hydrogen) atoms. The van der Waals surface area contributed by atoms with E-state index >= 15 is 0 Å². The summed E-state index contributed by atoms with van der Waals surface area (Å²) in [6, 6.07) is 10.4. The van der Waals surface area contributed by atoms with Gasteiger partial charge in [-0.2, -0.15) is 0 Å². The molecule has 0 radical (unpaired) electrons. The molecule has 2 aromatic rings. The Morgan fingerprint density at radius 2 is 1.85 bits per heavy atom. The maximum Gasteiger partial charge on any atom is 0.259 e. The third kappa shape index (κ3) is 2.88. The van der Waals surface area contributed by atoms with Crippen molar-refractivity contribution in [2.24, 2.45) is 0 Å². The fourth-order valence-electron chi connectivity index (χ4n) is 1.88. The van der Waals surface area contributed by atoms with E-state index in [4.69, 9.17) is 0 Å². The van der Waals surface area contributed by atoms with E-state index in [1.807, 2.05) is 0 Å². The van der Waals surface area contributed by atoms with Crippen molar-refractivity contribution in [1.82, 2.24) is 0 Å². The van der Waals surface area contributed by atoms with Crippen LogP contribution < -0.4 is 4.90 Å². The van der Waals surface area contributed by atoms with E-state index in [1.54, 1.807) is 31.2 Å². The highest BCUT2D eigenvalue weighted by Crippen LogP contribution is 2.23. The lowest BCUT2D eigenvalue weighted by atomic mass is 10.1. The van der Waals surface area contributed by atoms with Crippen LogP contribution in [0.3, 0.4) is 0 Å². The van der Waals surface area contributed by atoms with Crippen molar-refractivity contribution in [2.45, 2.75) is 6.92 Å². The summed E-state index contributed by atoms with van der Waals surface area (Å²) in [6.07, 6.45) is 0. The van der Waals surface area contributed by atoms with Gasteiger partial charge in [-0.15, -0.1) is 0 Å². The lowest BCUT2D eigenvalue weighted by Gasteiger charge is -2.21. The van der Waals surface area contributed by atoms with E-state index in [9.17, 15) is 13.6 Å². The van der Waals surface area contributed by atoms with Crippen molar-refractivity contribution in [3.05, 3.63) is 64.1 Å². The first-order valence-corrected chi connectivity index (χ1v) is 6.85. The Morgan fingerprint density at radius 3 is 2.45 bits per heavy atom. The molecule has 0 spiro atoms. The van der Waals surface area contributed by atoms with Crippen molar-refractivity contribution >= 4 is 27.5 Å². The van der Waals surface area contributed by atoms with Gasteiger partial charge >= 0.3 is 0 Å². The van der Waals surface area contributed by atoms with E-state index < -0.39 is 11.6 Å². The van der Waals surface area contributed by atoms with E-state index in [-0.39, 0.29) is 5.91 Å². The van der Waals surface area contributed by atoms with Crippen molar-refractivity contribution in [2.75, 3.05) is 11.4 Å². The van der Waals surface area contributed by atoms with Crippen LogP contribution in [-0.2, 0) is 0 Å². The lowest BCUT2D eigenvalue weighted by Crippen LogP contribution is -2.31. The minimum atomic E-state index is -0.971. The monoisotopic (exact) mass is 339 g/mol. The van der Waals surface area contributed by atoms with Gasteiger partial charge in [0.25, 0.3) is 5.91 Å². The molecular weight excluding hydrogens is 328 g/mol. The van der Waals surface area contributed by atoms with Gasteiger partial charge in [0, 0.05) is 22.8 Å². The van der Waals surface area contributed by atoms with Crippen LogP contribution in [0.15, 0.2) is 46.9 Å². The molecule has 0 bridgehead atoms. The van der Waals surface area contributed by atoms with Gasteiger partial charge in [-0.1, -0.05) is 12.1 Å². The number of nitrogens with zero attached hydrogens (tertiary/aromatic N) is 1. The summed E-state index contributed by atoms with van der Waals surface area (Å²) in [5, 5.41) is 0. The highest BCUT2D eigenvalue weighted by atomic mass is 79.9. The van der Waals surface area contributed by atoms with Crippen LogP contribution in [0.25, 0.3) is 0 Å². The van der Waals surface area contributed by atoms with Crippen molar-refractivity contribution in [3.8, 4) is 0 Å². The van der Waals surface area contributed by atoms with Crippen LogP contribution in [0.5, 0.6) is 0 Å². The van der Waals surface area contributed by atoms with Gasteiger partial charge in [0.05, 0.1) is 5.56 Å². The van der Waals surface area contributed by atoms with Crippen LogP contribution in [-0.4, -0.2) is 12.5 Å². The molecular formula is C15H12BrF2NO. The van der Waals surface area contributed by atoms with Gasteiger partial charge in [0.1, 0.15) is 0 Å². The number of hydrogen-bond donors (Lipinski definition) is 0. The van der Waals surface area contributed by atoms with Crippen LogP contribution in [0.4, 0.5) is 14.5 Å². The average molecular weight is 340 g/mol. The minimum Gasteiger partial charge on any atom is -0.309 e. The van der Waals surface area contributed by atoms with Gasteiger partial charge in [-0.25, -0.2) is 8.78 Å². The van der Waals surface area contributed by atoms with Gasteiger partial charge in [-0.3, -0.25) is 4.79 Å². The second kappa shape index (κ2) is 6.13. The molecule has 2 nitrogen and oxygen atoms in total. The molecule has 0 heterocycles. The summed E-state index contributed by atoms with van der Waals surface area (Å²) in [7, 11) is 0. The van der Waals surface area contributed by atoms with Crippen molar-refractivity contribution < 1.29 is 13.6 Å². The smallest absolute Gasteiger partial charge is 0.259 e. The van der Waals surface area contributed by atoms with Gasteiger partial charge in [-0.05, 0) is 47.1 Å². The Morgan fingerprint density at radius 1 is 1.15 bits per heavy atom. The summed E-state index contributed by atoms with van der Waals surface area (Å²) in [5.74, 6) is -2.18. The SMILES string of the molecule is CCN(C(=O)c1ccccc1Br)c1ccc(F)c(F)c1. The molecule has 0 aliphatic carbocycles. The third-order valence-corrected chi connectivity index (χ3v) is 3.57. The van der Waals surface area contributed by atoms with Crippen LogP contribution >= 0.6 is 15.9 Å². The molecule has 0 aliphatic rings. The second-order valence-corrected chi connectivity index (χ2v) is 4.98. The molecule has 5 heteroatoms. The Hall–Kier alpha value is -1.75. The maximum absolute atomic E-state index is 13.3.